The van der Waals surface area contributed by atoms with Crippen molar-refractivity contribution in [3.8, 4) is 0 Å². The minimum Gasteiger partial charge on any atom is -0.360 e. The van der Waals surface area contributed by atoms with E-state index in [-0.39, 0.29) is 17.9 Å². The van der Waals surface area contributed by atoms with Crippen molar-refractivity contribution in [3.63, 3.8) is 0 Å². The van der Waals surface area contributed by atoms with E-state index in [4.69, 9.17) is 16.3 Å². The third kappa shape index (κ3) is 3.13. The quantitative estimate of drug-likeness (QED) is 0.752. The third-order valence-electron chi connectivity index (χ3n) is 6.39. The van der Waals surface area contributed by atoms with Gasteiger partial charge in [-0.2, -0.15) is 0 Å². The summed E-state index contributed by atoms with van der Waals surface area (Å²) >= 11 is 6.20. The molecular formula is C24H23ClN2O3. The van der Waals surface area contributed by atoms with Gasteiger partial charge in [-0.25, -0.2) is 0 Å². The zero-order chi connectivity index (χ0) is 20.9. The van der Waals surface area contributed by atoms with Crippen LogP contribution in [0.3, 0.4) is 0 Å². The molecule has 1 N–H and O–H groups in total. The van der Waals surface area contributed by atoms with E-state index in [9.17, 15) is 9.59 Å². The van der Waals surface area contributed by atoms with E-state index in [1.165, 1.54) is 5.56 Å². The predicted octanol–water partition coefficient (Wildman–Crippen LogP) is 3.25. The Bertz CT molecular complexity index is 1040. The van der Waals surface area contributed by atoms with Crippen LogP contribution in [0.5, 0.6) is 0 Å². The molecule has 0 unspecified atom stereocenters. The van der Waals surface area contributed by atoms with Crippen molar-refractivity contribution in [2.45, 2.75) is 31.7 Å². The number of hydrogen-bond donors (Lipinski definition) is 1. The first-order chi connectivity index (χ1) is 14.5. The van der Waals surface area contributed by atoms with Crippen LogP contribution in [-0.2, 0) is 27.4 Å². The zero-order valence-electron chi connectivity index (χ0n) is 16.7. The van der Waals surface area contributed by atoms with Crippen molar-refractivity contribution < 1.29 is 14.3 Å². The topological polar surface area (TPSA) is 58.6 Å². The Morgan fingerprint density at radius 2 is 2.00 bits per heavy atom. The van der Waals surface area contributed by atoms with Gasteiger partial charge in [0.15, 0.2) is 0 Å². The number of likely N-dealkylation sites (tertiary alicyclic amines) is 1. The summed E-state index contributed by atoms with van der Waals surface area (Å²) in [5, 5.41) is 3.57. The van der Waals surface area contributed by atoms with Crippen LogP contribution in [0.1, 0.15) is 16.7 Å². The molecule has 2 aromatic rings. The van der Waals surface area contributed by atoms with Crippen LogP contribution in [-0.4, -0.2) is 35.0 Å². The third-order valence-corrected chi connectivity index (χ3v) is 6.76. The van der Waals surface area contributed by atoms with Gasteiger partial charge < -0.3 is 15.0 Å². The summed E-state index contributed by atoms with van der Waals surface area (Å²) in [6, 6.07) is 15.6. The lowest BCUT2D eigenvalue weighted by atomic mass is 9.77. The molecule has 2 aromatic carbocycles. The highest BCUT2D eigenvalue weighted by atomic mass is 35.5. The SMILES string of the molecule is Cc1ccc(CN2C[C@@]34C=C[C@H](O3)[C@@H](C(=O)NCc3ccccc3Cl)[C@H]4C2=O)cc1. The number of ether oxygens (including phenoxy) is 1. The standard InChI is InChI=1S/C24H23ClN2O3/c1-15-6-8-16(9-7-15)13-27-14-24-11-10-19(30-24)20(21(24)23(27)29)22(28)26-12-17-4-2-3-5-18(17)25/h2-11,19-21H,12-14H2,1H3,(H,26,28)/t19-,20+,21-,24+/m0/s1. The highest BCUT2D eigenvalue weighted by molar-refractivity contribution is 6.31. The Labute approximate surface area is 180 Å². The molecule has 1 spiro atoms. The fourth-order valence-electron chi connectivity index (χ4n) is 4.87. The lowest BCUT2D eigenvalue weighted by Crippen LogP contribution is -2.43. The van der Waals surface area contributed by atoms with Crippen molar-refractivity contribution in [3.05, 3.63) is 82.4 Å². The summed E-state index contributed by atoms with van der Waals surface area (Å²) in [5.41, 5.74) is 2.41. The van der Waals surface area contributed by atoms with E-state index in [1.54, 1.807) is 6.07 Å². The first-order valence-corrected chi connectivity index (χ1v) is 10.6. The molecule has 3 aliphatic rings. The second kappa shape index (κ2) is 7.25. The van der Waals surface area contributed by atoms with Crippen molar-refractivity contribution in [2.24, 2.45) is 11.8 Å². The fourth-order valence-corrected chi connectivity index (χ4v) is 5.07. The number of benzene rings is 2. The maximum atomic E-state index is 13.3. The van der Waals surface area contributed by atoms with Gasteiger partial charge in [-0.1, -0.05) is 71.8 Å². The Morgan fingerprint density at radius 1 is 1.23 bits per heavy atom. The van der Waals surface area contributed by atoms with E-state index in [0.29, 0.717) is 24.7 Å². The van der Waals surface area contributed by atoms with Crippen LogP contribution in [0.2, 0.25) is 5.02 Å². The second-order valence-corrected chi connectivity index (χ2v) is 8.80. The monoisotopic (exact) mass is 422 g/mol. The molecule has 3 aliphatic heterocycles. The number of hydrogen-bond acceptors (Lipinski definition) is 3. The summed E-state index contributed by atoms with van der Waals surface area (Å²) in [6.07, 6.45) is 3.55. The summed E-state index contributed by atoms with van der Waals surface area (Å²) in [5.74, 6) is -1.18. The summed E-state index contributed by atoms with van der Waals surface area (Å²) in [7, 11) is 0. The minimum atomic E-state index is -0.696. The van der Waals surface area contributed by atoms with Crippen molar-refractivity contribution in [2.75, 3.05) is 6.54 Å². The normalized spacial score (nSPS) is 28.8. The molecule has 4 atom stereocenters. The van der Waals surface area contributed by atoms with Crippen molar-refractivity contribution >= 4 is 23.4 Å². The molecule has 0 saturated carbocycles. The molecule has 0 radical (unpaired) electrons. The Hall–Kier alpha value is -2.63. The Morgan fingerprint density at radius 3 is 2.77 bits per heavy atom. The van der Waals surface area contributed by atoms with E-state index < -0.39 is 17.4 Å². The van der Waals surface area contributed by atoms with E-state index in [2.05, 4.69) is 5.32 Å². The lowest BCUT2D eigenvalue weighted by Gasteiger charge is -2.23. The smallest absolute Gasteiger partial charge is 0.230 e. The highest BCUT2D eigenvalue weighted by Crippen LogP contribution is 2.52. The highest BCUT2D eigenvalue weighted by Gasteiger charge is 2.66. The number of amides is 2. The maximum absolute atomic E-state index is 13.3. The van der Waals surface area contributed by atoms with Gasteiger partial charge in [-0.15, -0.1) is 0 Å². The predicted molar refractivity (Wildman–Crippen MR) is 114 cm³/mol. The van der Waals surface area contributed by atoms with Crippen molar-refractivity contribution in [1.82, 2.24) is 10.2 Å². The number of aryl methyl sites for hydroxylation is 1. The maximum Gasteiger partial charge on any atom is 0.230 e. The minimum absolute atomic E-state index is 0.0136. The molecule has 2 saturated heterocycles. The Kier molecular flexibility index (Phi) is 4.68. The summed E-state index contributed by atoms with van der Waals surface area (Å²) in [6.45, 7) is 3.36. The molecule has 6 heteroatoms. The average Bonchev–Trinajstić information content (AvgIpc) is 3.37. The number of carbonyl (C=O) groups is 2. The van der Waals surface area contributed by atoms with Gasteiger partial charge >= 0.3 is 0 Å². The van der Waals surface area contributed by atoms with E-state index in [0.717, 1.165) is 11.1 Å². The first kappa shape index (κ1) is 19.3. The molecule has 2 fully saturated rings. The molecule has 2 bridgehead atoms. The Balaban J connectivity index is 1.32. The first-order valence-electron chi connectivity index (χ1n) is 10.2. The van der Waals surface area contributed by atoms with Gasteiger partial charge in [-0.3, -0.25) is 9.59 Å². The average molecular weight is 423 g/mol. The van der Waals surface area contributed by atoms with Crippen LogP contribution in [0.25, 0.3) is 0 Å². The molecule has 0 aromatic heterocycles. The van der Waals surface area contributed by atoms with E-state index >= 15 is 0 Å². The van der Waals surface area contributed by atoms with Crippen molar-refractivity contribution in [1.29, 1.82) is 0 Å². The molecule has 2 amide bonds. The van der Waals surface area contributed by atoms with Crippen LogP contribution in [0, 0.1) is 18.8 Å². The second-order valence-electron chi connectivity index (χ2n) is 8.39. The molecule has 3 heterocycles. The van der Waals surface area contributed by atoms with Gasteiger partial charge in [0.2, 0.25) is 11.8 Å². The number of rotatable bonds is 5. The number of nitrogens with one attached hydrogen (secondary N) is 1. The number of carbonyl (C=O) groups excluding carboxylic acids is 2. The van der Waals surface area contributed by atoms with Crippen LogP contribution < -0.4 is 5.32 Å². The number of nitrogens with zero attached hydrogens (tertiary/aromatic N) is 1. The lowest BCUT2D eigenvalue weighted by molar-refractivity contribution is -0.137. The molecule has 154 valence electrons. The summed E-state index contributed by atoms with van der Waals surface area (Å²) < 4.78 is 6.19. The molecule has 0 aliphatic carbocycles. The molecule has 5 nitrogen and oxygen atoms in total. The fraction of sp³-hybridized carbons (Fsp3) is 0.333. The molecule has 5 rings (SSSR count). The van der Waals surface area contributed by atoms with Gasteiger partial charge in [0.1, 0.15) is 5.60 Å². The number of fused-ring (bicyclic) bond motifs is 1. The van der Waals surface area contributed by atoms with Crippen LogP contribution >= 0.6 is 11.6 Å². The van der Waals surface area contributed by atoms with Gasteiger partial charge in [-0.05, 0) is 24.1 Å². The number of halogens is 1. The van der Waals surface area contributed by atoms with Gasteiger partial charge in [0.05, 0.1) is 24.5 Å². The zero-order valence-corrected chi connectivity index (χ0v) is 17.4. The van der Waals surface area contributed by atoms with Crippen LogP contribution in [0.15, 0.2) is 60.7 Å². The van der Waals surface area contributed by atoms with Gasteiger partial charge in [0, 0.05) is 18.1 Å². The molecule has 30 heavy (non-hydrogen) atoms. The molecular weight excluding hydrogens is 400 g/mol. The van der Waals surface area contributed by atoms with E-state index in [1.807, 2.05) is 66.4 Å². The largest absolute Gasteiger partial charge is 0.360 e. The van der Waals surface area contributed by atoms with Crippen LogP contribution in [0.4, 0.5) is 0 Å². The van der Waals surface area contributed by atoms with Gasteiger partial charge in [0.25, 0.3) is 0 Å². The summed E-state index contributed by atoms with van der Waals surface area (Å²) in [4.78, 5) is 28.2.